The third-order valence-corrected chi connectivity index (χ3v) is 2.85. The van der Waals surface area contributed by atoms with E-state index in [1.165, 1.54) is 0 Å². The number of halogens is 1. The molecule has 3 N–H and O–H groups in total. The predicted molar refractivity (Wildman–Crippen MR) is 65.6 cm³/mol. The van der Waals surface area contributed by atoms with Crippen molar-refractivity contribution in [1.82, 2.24) is 5.32 Å². The lowest BCUT2D eigenvalue weighted by Crippen LogP contribution is -2.41. The Morgan fingerprint density at radius 1 is 1.44 bits per heavy atom. The number of nitrogens with one attached hydrogen (secondary N) is 1. The number of hydrogen-bond acceptors (Lipinski definition) is 3. The van der Waals surface area contributed by atoms with Crippen molar-refractivity contribution in [2.24, 2.45) is 0 Å². The molecule has 0 aromatic heterocycles. The average molecular weight is 244 g/mol. The molecule has 2 unspecified atom stereocenters. The van der Waals surface area contributed by atoms with Crippen molar-refractivity contribution in [2.75, 3.05) is 13.2 Å². The van der Waals surface area contributed by atoms with Gasteiger partial charge in [0, 0.05) is 17.6 Å². The first-order chi connectivity index (χ1) is 7.46. The Labute approximate surface area is 101 Å². The van der Waals surface area contributed by atoms with Crippen LogP contribution >= 0.6 is 11.6 Å². The molecular weight excluding hydrogens is 226 g/mol. The topological polar surface area (TPSA) is 52.5 Å². The number of rotatable bonds is 5. The molecule has 16 heavy (non-hydrogen) atoms. The van der Waals surface area contributed by atoms with Gasteiger partial charge in [-0.2, -0.15) is 0 Å². The first-order valence-corrected chi connectivity index (χ1v) is 5.65. The van der Waals surface area contributed by atoms with Crippen molar-refractivity contribution in [1.29, 1.82) is 0 Å². The summed E-state index contributed by atoms with van der Waals surface area (Å²) in [4.78, 5) is 0. The van der Waals surface area contributed by atoms with Gasteiger partial charge in [0.1, 0.15) is 0 Å². The first-order valence-electron chi connectivity index (χ1n) is 5.27. The molecule has 1 aromatic carbocycles. The van der Waals surface area contributed by atoms with Gasteiger partial charge in [-0.3, -0.25) is 0 Å². The van der Waals surface area contributed by atoms with Crippen molar-refractivity contribution in [3.8, 4) is 0 Å². The molecule has 90 valence electrons. The standard InChI is InChI=1S/C12H18ClNO2/c1-9(14-7-12(2,16)8-15)10-5-3-4-6-11(10)13/h3-6,9,14-16H,7-8H2,1-2H3. The van der Waals surface area contributed by atoms with E-state index in [9.17, 15) is 5.11 Å². The number of aliphatic hydroxyl groups excluding tert-OH is 1. The predicted octanol–water partition coefficient (Wildman–Crippen LogP) is 1.73. The molecule has 1 aromatic rings. The quantitative estimate of drug-likeness (QED) is 0.738. The lowest BCUT2D eigenvalue weighted by Gasteiger charge is -2.24. The minimum absolute atomic E-state index is 0.0340. The second-order valence-electron chi connectivity index (χ2n) is 4.28. The van der Waals surface area contributed by atoms with Gasteiger partial charge in [0.2, 0.25) is 0 Å². The monoisotopic (exact) mass is 243 g/mol. The summed E-state index contributed by atoms with van der Waals surface area (Å²) < 4.78 is 0. The molecule has 0 aliphatic heterocycles. The Kier molecular flexibility index (Phi) is 4.74. The zero-order valence-corrected chi connectivity index (χ0v) is 10.3. The minimum atomic E-state index is -1.10. The van der Waals surface area contributed by atoms with Crippen molar-refractivity contribution >= 4 is 11.6 Å². The molecule has 0 spiro atoms. The second-order valence-corrected chi connectivity index (χ2v) is 4.69. The van der Waals surface area contributed by atoms with E-state index in [4.69, 9.17) is 16.7 Å². The van der Waals surface area contributed by atoms with E-state index in [1.54, 1.807) is 6.92 Å². The third kappa shape index (κ3) is 3.76. The fourth-order valence-corrected chi connectivity index (χ4v) is 1.66. The highest BCUT2D eigenvalue weighted by atomic mass is 35.5. The fourth-order valence-electron chi connectivity index (χ4n) is 1.37. The molecule has 2 atom stereocenters. The first kappa shape index (κ1) is 13.5. The van der Waals surface area contributed by atoms with Crippen LogP contribution in [0.5, 0.6) is 0 Å². The Morgan fingerprint density at radius 2 is 2.06 bits per heavy atom. The molecule has 4 heteroatoms. The van der Waals surface area contributed by atoms with Gasteiger partial charge in [0.15, 0.2) is 0 Å². The van der Waals surface area contributed by atoms with E-state index in [1.807, 2.05) is 31.2 Å². The van der Waals surface area contributed by atoms with Crippen LogP contribution in [0.4, 0.5) is 0 Å². The van der Waals surface area contributed by atoms with Gasteiger partial charge < -0.3 is 15.5 Å². The molecule has 0 fully saturated rings. The molecule has 0 heterocycles. The summed E-state index contributed by atoms with van der Waals surface area (Å²) in [5.41, 5.74) is -0.117. The van der Waals surface area contributed by atoms with Crippen molar-refractivity contribution in [2.45, 2.75) is 25.5 Å². The van der Waals surface area contributed by atoms with Crippen LogP contribution in [0.15, 0.2) is 24.3 Å². The lowest BCUT2D eigenvalue weighted by molar-refractivity contribution is 0.00106. The largest absolute Gasteiger partial charge is 0.393 e. The van der Waals surface area contributed by atoms with Crippen LogP contribution in [0.25, 0.3) is 0 Å². The molecule has 0 radical (unpaired) electrons. The molecule has 0 saturated carbocycles. The van der Waals surface area contributed by atoms with E-state index >= 15 is 0 Å². The summed E-state index contributed by atoms with van der Waals surface area (Å²) in [5, 5.41) is 22.4. The molecule has 0 aliphatic carbocycles. The van der Waals surface area contributed by atoms with Crippen molar-refractivity contribution < 1.29 is 10.2 Å². The summed E-state index contributed by atoms with van der Waals surface area (Å²) in [7, 11) is 0. The fraction of sp³-hybridized carbons (Fsp3) is 0.500. The lowest BCUT2D eigenvalue weighted by atomic mass is 10.1. The molecular formula is C12H18ClNO2. The van der Waals surface area contributed by atoms with Crippen LogP contribution in [0.3, 0.4) is 0 Å². The van der Waals surface area contributed by atoms with E-state index < -0.39 is 5.60 Å². The normalized spacial score (nSPS) is 16.8. The van der Waals surface area contributed by atoms with Gasteiger partial charge in [0.05, 0.1) is 12.2 Å². The Hall–Kier alpha value is -0.610. The Bertz CT molecular complexity index is 342. The van der Waals surface area contributed by atoms with E-state index in [0.717, 1.165) is 5.56 Å². The summed E-state index contributed by atoms with van der Waals surface area (Å²) >= 11 is 6.05. The van der Waals surface area contributed by atoms with Crippen LogP contribution in [0, 0.1) is 0 Å². The third-order valence-electron chi connectivity index (χ3n) is 2.50. The van der Waals surface area contributed by atoms with Crippen LogP contribution < -0.4 is 5.32 Å². The zero-order chi connectivity index (χ0) is 12.2. The maximum atomic E-state index is 9.64. The minimum Gasteiger partial charge on any atom is -0.393 e. The van der Waals surface area contributed by atoms with E-state index in [2.05, 4.69) is 5.32 Å². The van der Waals surface area contributed by atoms with Gasteiger partial charge in [-0.25, -0.2) is 0 Å². The highest BCUT2D eigenvalue weighted by Gasteiger charge is 2.20. The van der Waals surface area contributed by atoms with Crippen molar-refractivity contribution in [3.05, 3.63) is 34.9 Å². The van der Waals surface area contributed by atoms with Gasteiger partial charge >= 0.3 is 0 Å². The Morgan fingerprint density at radius 3 is 2.62 bits per heavy atom. The Balaban J connectivity index is 2.60. The maximum absolute atomic E-state index is 9.64. The molecule has 0 aliphatic rings. The average Bonchev–Trinajstić information content (AvgIpc) is 2.27. The smallest absolute Gasteiger partial charge is 0.0973 e. The number of aliphatic hydroxyl groups is 2. The van der Waals surface area contributed by atoms with E-state index in [-0.39, 0.29) is 12.6 Å². The number of hydrogen-bond donors (Lipinski definition) is 3. The van der Waals surface area contributed by atoms with Crippen molar-refractivity contribution in [3.63, 3.8) is 0 Å². The molecule has 0 amide bonds. The SMILES string of the molecule is CC(NCC(C)(O)CO)c1ccccc1Cl. The van der Waals surface area contributed by atoms with E-state index in [0.29, 0.717) is 11.6 Å². The van der Waals surface area contributed by atoms with Crippen LogP contribution in [0.2, 0.25) is 5.02 Å². The summed E-state index contributed by atoms with van der Waals surface area (Å²) in [6, 6.07) is 7.60. The van der Waals surface area contributed by atoms with Gasteiger partial charge in [0.25, 0.3) is 0 Å². The van der Waals surface area contributed by atoms with Crippen LogP contribution in [-0.2, 0) is 0 Å². The molecule has 3 nitrogen and oxygen atoms in total. The van der Waals surface area contributed by atoms with Gasteiger partial charge in [-0.05, 0) is 25.5 Å². The van der Waals surface area contributed by atoms with Gasteiger partial charge in [-0.1, -0.05) is 29.8 Å². The molecule has 0 bridgehead atoms. The van der Waals surface area contributed by atoms with Crippen LogP contribution in [0.1, 0.15) is 25.5 Å². The highest BCUT2D eigenvalue weighted by Crippen LogP contribution is 2.22. The maximum Gasteiger partial charge on any atom is 0.0973 e. The molecule has 1 rings (SSSR count). The summed E-state index contributed by atoms with van der Waals surface area (Å²) in [6.07, 6.45) is 0. The summed E-state index contributed by atoms with van der Waals surface area (Å²) in [5.74, 6) is 0. The van der Waals surface area contributed by atoms with Gasteiger partial charge in [-0.15, -0.1) is 0 Å². The summed E-state index contributed by atoms with van der Waals surface area (Å²) in [6.45, 7) is 3.60. The van der Waals surface area contributed by atoms with Crippen LogP contribution in [-0.4, -0.2) is 29.0 Å². The highest BCUT2D eigenvalue weighted by molar-refractivity contribution is 6.31. The second kappa shape index (κ2) is 5.64. The zero-order valence-electron chi connectivity index (χ0n) is 9.57. The number of benzene rings is 1. The molecule has 0 saturated heterocycles.